The second-order valence-corrected chi connectivity index (χ2v) is 8.23. The number of carbonyl (C=O) groups excluding carboxylic acids is 1. The fourth-order valence-corrected chi connectivity index (χ4v) is 4.27. The van der Waals surface area contributed by atoms with Crippen molar-refractivity contribution in [3.05, 3.63) is 22.3 Å². The standard InChI is InChI=1S/C11H10Cl2N4OS3/c1-5(20-11-17-16-10(19-2)21-11)9(18)15-8-7(13)3-6(12)4-14-8/h3-5H,1-2H3,(H,14,15,18). The van der Waals surface area contributed by atoms with Crippen molar-refractivity contribution in [3.8, 4) is 0 Å². The lowest BCUT2D eigenvalue weighted by Crippen LogP contribution is -2.23. The molecule has 0 saturated carbocycles. The third-order valence-corrected chi connectivity index (χ3v) is 5.84. The molecular weight excluding hydrogens is 371 g/mol. The van der Waals surface area contributed by atoms with Gasteiger partial charge >= 0.3 is 0 Å². The van der Waals surface area contributed by atoms with Crippen molar-refractivity contribution in [3.63, 3.8) is 0 Å². The molecule has 112 valence electrons. The minimum atomic E-state index is -0.346. The molecule has 1 amide bonds. The van der Waals surface area contributed by atoms with Crippen LogP contribution in [0.4, 0.5) is 5.82 Å². The number of carbonyl (C=O) groups is 1. The summed E-state index contributed by atoms with van der Waals surface area (Å²) in [6.07, 6.45) is 3.36. The fourth-order valence-electron chi connectivity index (χ4n) is 1.26. The summed E-state index contributed by atoms with van der Waals surface area (Å²) in [5, 5.41) is 11.0. The molecule has 0 aliphatic rings. The van der Waals surface area contributed by atoms with Crippen molar-refractivity contribution < 1.29 is 4.79 Å². The van der Waals surface area contributed by atoms with Crippen molar-refractivity contribution in [2.75, 3.05) is 11.6 Å². The van der Waals surface area contributed by atoms with Crippen LogP contribution in [-0.4, -0.2) is 32.6 Å². The molecule has 0 aliphatic heterocycles. The zero-order valence-electron chi connectivity index (χ0n) is 11.0. The van der Waals surface area contributed by atoms with Crippen LogP contribution in [-0.2, 0) is 4.79 Å². The van der Waals surface area contributed by atoms with Gasteiger partial charge in [-0.1, -0.05) is 58.1 Å². The van der Waals surface area contributed by atoms with Gasteiger partial charge in [0.1, 0.15) is 0 Å². The number of pyridine rings is 1. The third-order valence-electron chi connectivity index (χ3n) is 2.26. The Labute approximate surface area is 144 Å². The Bertz CT molecular complexity index is 652. The predicted molar refractivity (Wildman–Crippen MR) is 89.9 cm³/mol. The SMILES string of the molecule is CSc1nnc(SC(C)C(=O)Nc2ncc(Cl)cc2Cl)s1. The van der Waals surface area contributed by atoms with E-state index in [1.165, 1.54) is 47.1 Å². The molecule has 1 atom stereocenters. The zero-order valence-corrected chi connectivity index (χ0v) is 14.9. The first kappa shape index (κ1) is 16.8. The van der Waals surface area contributed by atoms with E-state index in [1.54, 1.807) is 6.92 Å². The highest BCUT2D eigenvalue weighted by molar-refractivity contribution is 8.03. The first-order valence-corrected chi connectivity index (χ1v) is 9.33. The second-order valence-electron chi connectivity index (χ2n) is 3.77. The monoisotopic (exact) mass is 380 g/mol. The summed E-state index contributed by atoms with van der Waals surface area (Å²) in [5.41, 5.74) is 0. The molecule has 5 nitrogen and oxygen atoms in total. The van der Waals surface area contributed by atoms with E-state index in [4.69, 9.17) is 23.2 Å². The molecule has 2 aromatic heterocycles. The maximum atomic E-state index is 12.1. The highest BCUT2D eigenvalue weighted by Crippen LogP contribution is 2.31. The number of anilines is 1. The van der Waals surface area contributed by atoms with E-state index in [-0.39, 0.29) is 11.2 Å². The number of thioether (sulfide) groups is 2. The van der Waals surface area contributed by atoms with Gasteiger partial charge in [-0.05, 0) is 19.2 Å². The lowest BCUT2D eigenvalue weighted by Gasteiger charge is -2.10. The molecule has 0 fully saturated rings. The van der Waals surface area contributed by atoms with Crippen molar-refractivity contribution in [2.45, 2.75) is 20.9 Å². The van der Waals surface area contributed by atoms with E-state index < -0.39 is 0 Å². The third kappa shape index (κ3) is 4.72. The minimum absolute atomic E-state index is 0.211. The summed E-state index contributed by atoms with van der Waals surface area (Å²) < 4.78 is 1.62. The van der Waals surface area contributed by atoms with Crippen molar-refractivity contribution in [1.29, 1.82) is 0 Å². The zero-order chi connectivity index (χ0) is 15.4. The molecule has 21 heavy (non-hydrogen) atoms. The van der Waals surface area contributed by atoms with Crippen LogP contribution in [0, 0.1) is 0 Å². The molecule has 2 heterocycles. The van der Waals surface area contributed by atoms with Crippen LogP contribution in [0.5, 0.6) is 0 Å². The van der Waals surface area contributed by atoms with Gasteiger partial charge in [0.2, 0.25) is 5.91 Å². The molecule has 0 spiro atoms. The van der Waals surface area contributed by atoms with E-state index in [2.05, 4.69) is 20.5 Å². The summed E-state index contributed by atoms with van der Waals surface area (Å²) in [6, 6.07) is 1.53. The summed E-state index contributed by atoms with van der Waals surface area (Å²) >= 11 is 16.0. The smallest absolute Gasteiger partial charge is 0.238 e. The lowest BCUT2D eigenvalue weighted by molar-refractivity contribution is -0.115. The van der Waals surface area contributed by atoms with Crippen LogP contribution >= 0.6 is 58.1 Å². The van der Waals surface area contributed by atoms with Crippen LogP contribution in [0.25, 0.3) is 0 Å². The largest absolute Gasteiger partial charge is 0.308 e. The molecule has 1 N–H and O–H groups in total. The number of rotatable bonds is 5. The molecular formula is C11H10Cl2N4OS3. The Morgan fingerprint density at radius 2 is 2.10 bits per heavy atom. The number of hydrogen-bond donors (Lipinski definition) is 1. The number of nitrogens with zero attached hydrogens (tertiary/aromatic N) is 3. The second kappa shape index (κ2) is 7.64. The average Bonchev–Trinajstić information content (AvgIpc) is 2.89. The van der Waals surface area contributed by atoms with Crippen molar-refractivity contribution in [2.24, 2.45) is 0 Å². The summed E-state index contributed by atoms with van der Waals surface area (Å²) in [5.74, 6) is 0.0817. The van der Waals surface area contributed by atoms with Crippen LogP contribution in [0.3, 0.4) is 0 Å². The molecule has 1 unspecified atom stereocenters. The van der Waals surface area contributed by atoms with E-state index in [0.717, 1.165) is 8.68 Å². The lowest BCUT2D eigenvalue weighted by atomic mass is 10.4. The van der Waals surface area contributed by atoms with Gasteiger partial charge < -0.3 is 5.32 Å². The molecule has 0 bridgehead atoms. The van der Waals surface area contributed by atoms with Gasteiger partial charge in [-0.15, -0.1) is 10.2 Å². The highest BCUT2D eigenvalue weighted by atomic mass is 35.5. The first-order chi connectivity index (χ1) is 9.99. The number of amides is 1. The fraction of sp³-hybridized carbons (Fsp3) is 0.273. The minimum Gasteiger partial charge on any atom is -0.308 e. The van der Waals surface area contributed by atoms with Crippen molar-refractivity contribution >= 4 is 69.8 Å². The Hall–Kier alpha value is -0.540. The summed E-state index contributed by atoms with van der Waals surface area (Å²) in [7, 11) is 0. The Morgan fingerprint density at radius 1 is 1.38 bits per heavy atom. The highest BCUT2D eigenvalue weighted by Gasteiger charge is 2.18. The Kier molecular flexibility index (Phi) is 6.12. The number of nitrogens with one attached hydrogen (secondary N) is 1. The number of hydrogen-bond acceptors (Lipinski definition) is 7. The molecule has 0 aliphatic carbocycles. The van der Waals surface area contributed by atoms with Gasteiger partial charge in [-0.3, -0.25) is 4.79 Å². The average molecular weight is 381 g/mol. The molecule has 10 heteroatoms. The van der Waals surface area contributed by atoms with E-state index in [0.29, 0.717) is 15.9 Å². The maximum Gasteiger partial charge on any atom is 0.238 e. The first-order valence-electron chi connectivity index (χ1n) is 5.65. The van der Waals surface area contributed by atoms with Gasteiger partial charge in [0.05, 0.1) is 15.3 Å². The maximum absolute atomic E-state index is 12.1. The number of halogens is 2. The van der Waals surface area contributed by atoms with E-state index in [9.17, 15) is 4.79 Å². The van der Waals surface area contributed by atoms with E-state index in [1.807, 2.05) is 6.26 Å². The van der Waals surface area contributed by atoms with E-state index >= 15 is 0 Å². The van der Waals surface area contributed by atoms with Crippen LogP contribution in [0.1, 0.15) is 6.92 Å². The summed E-state index contributed by atoms with van der Waals surface area (Å²) in [6.45, 7) is 1.78. The number of aromatic nitrogens is 3. The van der Waals surface area contributed by atoms with Gasteiger partial charge in [-0.25, -0.2) is 4.98 Å². The van der Waals surface area contributed by atoms with Crippen molar-refractivity contribution in [1.82, 2.24) is 15.2 Å². The quantitative estimate of drug-likeness (QED) is 0.788. The van der Waals surface area contributed by atoms with Gasteiger partial charge in [0.25, 0.3) is 0 Å². The van der Waals surface area contributed by atoms with Crippen LogP contribution in [0.15, 0.2) is 20.9 Å². The molecule has 0 radical (unpaired) electrons. The van der Waals surface area contributed by atoms with Gasteiger partial charge in [-0.2, -0.15) is 0 Å². The van der Waals surface area contributed by atoms with Gasteiger partial charge in [0, 0.05) is 6.20 Å². The predicted octanol–water partition coefficient (Wildman–Crippen LogP) is 4.08. The normalized spacial score (nSPS) is 12.2. The topological polar surface area (TPSA) is 67.8 Å². The molecule has 2 rings (SSSR count). The van der Waals surface area contributed by atoms with Gasteiger partial charge in [0.15, 0.2) is 14.5 Å². The van der Waals surface area contributed by atoms with Crippen LogP contribution < -0.4 is 5.32 Å². The Balaban J connectivity index is 1.99. The molecule has 0 aromatic carbocycles. The molecule has 2 aromatic rings. The Morgan fingerprint density at radius 3 is 2.71 bits per heavy atom. The summed E-state index contributed by atoms with van der Waals surface area (Å²) in [4.78, 5) is 16.1. The molecule has 0 saturated heterocycles. The van der Waals surface area contributed by atoms with Crippen LogP contribution in [0.2, 0.25) is 10.0 Å².